The van der Waals surface area contributed by atoms with Gasteiger partial charge in [0.05, 0.1) is 10.6 Å². The van der Waals surface area contributed by atoms with E-state index >= 15 is 0 Å². The van der Waals surface area contributed by atoms with Crippen LogP contribution < -0.4 is 9.62 Å². The topological polar surface area (TPSA) is 49.4 Å². The second kappa shape index (κ2) is 7.70. The number of rotatable bonds is 5. The van der Waals surface area contributed by atoms with Crippen LogP contribution in [0, 0.1) is 6.92 Å². The highest BCUT2D eigenvalue weighted by atomic mass is 32.2. The first-order valence-corrected chi connectivity index (χ1v) is 11.2. The predicted octanol–water partition coefficient (Wildman–Crippen LogP) is 3.91. The Kier molecular flexibility index (Phi) is 5.59. The molecule has 134 valence electrons. The van der Waals surface area contributed by atoms with Crippen molar-refractivity contribution in [3.8, 4) is 0 Å². The molecule has 3 rings (SSSR count). The van der Waals surface area contributed by atoms with Crippen LogP contribution in [-0.4, -0.2) is 33.0 Å². The van der Waals surface area contributed by atoms with Crippen LogP contribution in [0.1, 0.15) is 18.1 Å². The zero-order chi connectivity index (χ0) is 17.9. The molecule has 1 aliphatic rings. The molecule has 1 heterocycles. The van der Waals surface area contributed by atoms with Crippen molar-refractivity contribution in [2.45, 2.75) is 25.2 Å². The second-order valence-electron chi connectivity index (χ2n) is 6.20. The fourth-order valence-corrected chi connectivity index (χ4v) is 4.92. The van der Waals surface area contributed by atoms with Crippen molar-refractivity contribution in [2.75, 3.05) is 34.2 Å². The van der Waals surface area contributed by atoms with Gasteiger partial charge in [0.25, 0.3) is 10.0 Å². The molecule has 0 amide bonds. The first-order valence-electron chi connectivity index (χ1n) is 8.55. The third-order valence-electron chi connectivity index (χ3n) is 4.47. The van der Waals surface area contributed by atoms with Crippen molar-refractivity contribution < 1.29 is 8.42 Å². The summed E-state index contributed by atoms with van der Waals surface area (Å²) >= 11 is 1.98. The molecule has 0 saturated carbocycles. The number of hydrogen-bond donors (Lipinski definition) is 1. The molecule has 2 aromatic carbocycles. The van der Waals surface area contributed by atoms with E-state index in [0.717, 1.165) is 47.8 Å². The number of sulfonamides is 1. The monoisotopic (exact) mass is 376 g/mol. The zero-order valence-corrected chi connectivity index (χ0v) is 16.3. The van der Waals surface area contributed by atoms with Crippen molar-refractivity contribution in [1.29, 1.82) is 0 Å². The molecular formula is C19H24N2O2S2. The number of anilines is 2. The Hall–Kier alpha value is -1.66. The highest BCUT2D eigenvalue weighted by molar-refractivity contribution is 7.99. The molecule has 0 unspecified atom stereocenters. The lowest BCUT2D eigenvalue weighted by Gasteiger charge is -2.29. The lowest BCUT2D eigenvalue weighted by molar-refractivity contribution is 0.601. The molecule has 4 nitrogen and oxygen atoms in total. The summed E-state index contributed by atoms with van der Waals surface area (Å²) in [6.07, 6.45) is 0.892. The Bertz CT molecular complexity index is 827. The van der Waals surface area contributed by atoms with E-state index < -0.39 is 10.0 Å². The van der Waals surface area contributed by atoms with Gasteiger partial charge in [-0.05, 0) is 54.8 Å². The van der Waals surface area contributed by atoms with E-state index in [4.69, 9.17) is 0 Å². The molecular weight excluding hydrogens is 352 g/mol. The fraction of sp³-hybridized carbons (Fsp3) is 0.368. The molecule has 1 saturated heterocycles. The predicted molar refractivity (Wildman–Crippen MR) is 107 cm³/mol. The maximum absolute atomic E-state index is 12.6. The van der Waals surface area contributed by atoms with Gasteiger partial charge < -0.3 is 4.90 Å². The normalized spacial score (nSPS) is 15.2. The largest absolute Gasteiger partial charge is 0.370 e. The number of aryl methyl sites for hydroxylation is 2. The summed E-state index contributed by atoms with van der Waals surface area (Å²) < 4.78 is 28.0. The van der Waals surface area contributed by atoms with Crippen LogP contribution in [0.5, 0.6) is 0 Å². The lowest BCUT2D eigenvalue weighted by Crippen LogP contribution is -2.32. The van der Waals surface area contributed by atoms with Gasteiger partial charge in [0.1, 0.15) is 0 Å². The summed E-state index contributed by atoms with van der Waals surface area (Å²) in [5, 5.41) is 0. The third-order valence-corrected chi connectivity index (χ3v) is 6.80. The SMILES string of the molecule is CCc1ccc(S(=O)(=O)Nc2ccc(N3CCSCC3)cc2C)cc1. The number of hydrogen-bond acceptors (Lipinski definition) is 4. The van der Waals surface area contributed by atoms with Crippen molar-refractivity contribution in [2.24, 2.45) is 0 Å². The second-order valence-corrected chi connectivity index (χ2v) is 9.11. The number of thioether (sulfide) groups is 1. The van der Waals surface area contributed by atoms with E-state index in [-0.39, 0.29) is 0 Å². The van der Waals surface area contributed by atoms with Crippen molar-refractivity contribution in [3.05, 3.63) is 53.6 Å². The fourth-order valence-electron chi connectivity index (χ4n) is 2.89. The molecule has 2 aromatic rings. The van der Waals surface area contributed by atoms with Gasteiger partial charge in [0.2, 0.25) is 0 Å². The van der Waals surface area contributed by atoms with Gasteiger partial charge in [-0.15, -0.1) is 0 Å². The molecule has 6 heteroatoms. The van der Waals surface area contributed by atoms with Crippen molar-refractivity contribution in [3.63, 3.8) is 0 Å². The van der Waals surface area contributed by atoms with Crippen molar-refractivity contribution >= 4 is 33.2 Å². The quantitative estimate of drug-likeness (QED) is 0.859. The molecule has 0 spiro atoms. The smallest absolute Gasteiger partial charge is 0.261 e. The van der Waals surface area contributed by atoms with Gasteiger partial charge in [-0.2, -0.15) is 11.8 Å². The van der Waals surface area contributed by atoms with Crippen LogP contribution in [0.3, 0.4) is 0 Å². The first kappa shape index (κ1) is 18.1. The summed E-state index contributed by atoms with van der Waals surface area (Å²) in [7, 11) is -3.57. The number of nitrogens with zero attached hydrogens (tertiary/aromatic N) is 1. The van der Waals surface area contributed by atoms with Gasteiger partial charge in [0.15, 0.2) is 0 Å². The third kappa shape index (κ3) is 4.30. The van der Waals surface area contributed by atoms with Crippen LogP contribution >= 0.6 is 11.8 Å². The summed E-state index contributed by atoms with van der Waals surface area (Å²) in [4.78, 5) is 2.65. The Balaban J connectivity index is 1.79. The highest BCUT2D eigenvalue weighted by Crippen LogP contribution is 2.26. The zero-order valence-electron chi connectivity index (χ0n) is 14.7. The maximum atomic E-state index is 12.6. The summed E-state index contributed by atoms with van der Waals surface area (Å²) in [5.41, 5.74) is 3.85. The van der Waals surface area contributed by atoms with E-state index in [1.807, 2.05) is 49.9 Å². The minimum absolute atomic E-state index is 0.293. The molecule has 0 aromatic heterocycles. The van der Waals surface area contributed by atoms with Gasteiger partial charge >= 0.3 is 0 Å². The molecule has 25 heavy (non-hydrogen) atoms. The molecule has 0 bridgehead atoms. The molecule has 1 aliphatic heterocycles. The number of benzene rings is 2. The van der Waals surface area contributed by atoms with Crippen LogP contribution in [-0.2, 0) is 16.4 Å². The standard InChI is InChI=1S/C19H24N2O2S2/c1-3-16-4-7-18(8-5-16)25(22,23)20-19-9-6-17(14-15(19)2)21-10-12-24-13-11-21/h4-9,14,20H,3,10-13H2,1-2H3. The van der Waals surface area contributed by atoms with Gasteiger partial charge in [-0.1, -0.05) is 19.1 Å². The van der Waals surface area contributed by atoms with Gasteiger partial charge in [-0.25, -0.2) is 8.42 Å². The average Bonchev–Trinajstić information content (AvgIpc) is 2.64. The average molecular weight is 377 g/mol. The van der Waals surface area contributed by atoms with E-state index in [2.05, 4.69) is 15.7 Å². The van der Waals surface area contributed by atoms with E-state index in [0.29, 0.717) is 10.6 Å². The number of nitrogens with one attached hydrogen (secondary N) is 1. The molecule has 1 N–H and O–H groups in total. The lowest BCUT2D eigenvalue weighted by atomic mass is 10.1. The minimum Gasteiger partial charge on any atom is -0.370 e. The van der Waals surface area contributed by atoms with E-state index in [9.17, 15) is 8.42 Å². The molecule has 1 fully saturated rings. The Labute approximate surface area is 154 Å². The Morgan fingerprint density at radius 1 is 1.08 bits per heavy atom. The van der Waals surface area contributed by atoms with E-state index in [1.54, 1.807) is 12.1 Å². The minimum atomic E-state index is -3.57. The highest BCUT2D eigenvalue weighted by Gasteiger charge is 2.17. The summed E-state index contributed by atoms with van der Waals surface area (Å²) in [6, 6.07) is 13.0. The molecule has 0 atom stereocenters. The van der Waals surface area contributed by atoms with Gasteiger partial charge in [0, 0.05) is 30.3 Å². The molecule has 0 radical (unpaired) electrons. The van der Waals surface area contributed by atoms with Crippen LogP contribution in [0.4, 0.5) is 11.4 Å². The van der Waals surface area contributed by atoms with Gasteiger partial charge in [-0.3, -0.25) is 4.72 Å². The maximum Gasteiger partial charge on any atom is 0.261 e. The van der Waals surface area contributed by atoms with E-state index in [1.165, 1.54) is 0 Å². The summed E-state index contributed by atoms with van der Waals surface area (Å²) in [6.45, 7) is 6.08. The van der Waals surface area contributed by atoms with Crippen LogP contribution in [0.2, 0.25) is 0 Å². The Morgan fingerprint density at radius 3 is 2.36 bits per heavy atom. The first-order chi connectivity index (χ1) is 12.0. The molecule has 0 aliphatic carbocycles. The summed E-state index contributed by atoms with van der Waals surface area (Å²) in [5.74, 6) is 2.28. The van der Waals surface area contributed by atoms with Crippen LogP contribution in [0.25, 0.3) is 0 Å². The Morgan fingerprint density at radius 2 is 1.76 bits per heavy atom. The van der Waals surface area contributed by atoms with Crippen LogP contribution in [0.15, 0.2) is 47.4 Å². The van der Waals surface area contributed by atoms with Crippen molar-refractivity contribution in [1.82, 2.24) is 0 Å².